The Morgan fingerprint density at radius 3 is 2.35 bits per heavy atom. The molecule has 2 rings (SSSR count). The van der Waals surface area contributed by atoms with E-state index in [1.807, 2.05) is 6.07 Å². The number of hydrogen-bond donors (Lipinski definition) is 2. The van der Waals surface area contributed by atoms with E-state index in [2.05, 4.69) is 17.6 Å². The van der Waals surface area contributed by atoms with Crippen molar-refractivity contribution in [1.29, 1.82) is 5.26 Å². The molecule has 0 bridgehead atoms. The fourth-order valence-corrected chi connectivity index (χ4v) is 2.46. The number of carbonyl (C=O) groups is 3. The summed E-state index contributed by atoms with van der Waals surface area (Å²) in [6.45, 7) is 3.74. The monoisotopic (exact) mass is 423 g/mol. The Hall–Kier alpha value is -3.86. The molecular weight excluding hydrogens is 398 g/mol. The summed E-state index contributed by atoms with van der Waals surface area (Å²) in [5.41, 5.74) is 1.32. The van der Waals surface area contributed by atoms with Gasteiger partial charge in [0.1, 0.15) is 12.3 Å². The van der Waals surface area contributed by atoms with Gasteiger partial charge in [0, 0.05) is 11.3 Å². The SMILES string of the molecule is CCCCOc1ccc(C(=O)NCC(=O)O[C@@H](C)C(=O)Nc2ccc(C#N)cc2)cc1. The number of ether oxygens (including phenoxy) is 2. The van der Waals surface area contributed by atoms with Gasteiger partial charge in [-0.05, 0) is 61.9 Å². The van der Waals surface area contributed by atoms with Gasteiger partial charge in [0.2, 0.25) is 0 Å². The van der Waals surface area contributed by atoms with Crippen molar-refractivity contribution < 1.29 is 23.9 Å². The molecule has 8 heteroatoms. The molecule has 0 fully saturated rings. The summed E-state index contributed by atoms with van der Waals surface area (Å²) in [7, 11) is 0. The summed E-state index contributed by atoms with van der Waals surface area (Å²) in [6, 6.07) is 14.9. The molecule has 1 atom stereocenters. The minimum absolute atomic E-state index is 0.373. The second kappa shape index (κ2) is 12.0. The lowest BCUT2D eigenvalue weighted by Gasteiger charge is -2.14. The van der Waals surface area contributed by atoms with Crippen molar-refractivity contribution in [1.82, 2.24) is 5.32 Å². The molecule has 2 aromatic rings. The van der Waals surface area contributed by atoms with Crippen LogP contribution in [-0.2, 0) is 14.3 Å². The molecule has 8 nitrogen and oxygen atoms in total. The lowest BCUT2D eigenvalue weighted by atomic mass is 10.2. The summed E-state index contributed by atoms with van der Waals surface area (Å²) in [6.07, 6.45) is 0.931. The standard InChI is InChI=1S/C23H25N3O5/c1-3-4-13-30-20-11-7-18(8-12-20)23(29)25-15-21(27)31-16(2)22(28)26-19-9-5-17(14-24)6-10-19/h5-12,16H,3-4,13,15H2,1-2H3,(H,25,29)(H,26,28)/t16-/m0/s1. The number of unbranched alkanes of at least 4 members (excludes halogenated alkanes) is 1. The third kappa shape index (κ3) is 7.82. The van der Waals surface area contributed by atoms with Crippen LogP contribution in [0.15, 0.2) is 48.5 Å². The molecule has 162 valence electrons. The van der Waals surface area contributed by atoms with Gasteiger partial charge in [-0.1, -0.05) is 13.3 Å². The predicted octanol–water partition coefficient (Wildman–Crippen LogP) is 3.04. The van der Waals surface area contributed by atoms with E-state index in [-0.39, 0.29) is 6.54 Å². The highest BCUT2D eigenvalue weighted by Crippen LogP contribution is 2.13. The van der Waals surface area contributed by atoms with Crippen molar-refractivity contribution in [3.05, 3.63) is 59.7 Å². The molecule has 2 amide bonds. The van der Waals surface area contributed by atoms with Crippen molar-refractivity contribution in [2.24, 2.45) is 0 Å². The number of rotatable bonds is 10. The van der Waals surface area contributed by atoms with Gasteiger partial charge in [0.15, 0.2) is 6.10 Å². The smallest absolute Gasteiger partial charge is 0.326 e. The van der Waals surface area contributed by atoms with Crippen LogP contribution in [0.5, 0.6) is 5.75 Å². The number of hydrogen-bond acceptors (Lipinski definition) is 6. The molecule has 31 heavy (non-hydrogen) atoms. The maximum atomic E-state index is 12.2. The summed E-state index contributed by atoms with van der Waals surface area (Å²) in [5, 5.41) is 13.8. The van der Waals surface area contributed by atoms with Crippen LogP contribution in [-0.4, -0.2) is 37.0 Å². The van der Waals surface area contributed by atoms with E-state index in [1.54, 1.807) is 48.5 Å². The topological polar surface area (TPSA) is 118 Å². The molecular formula is C23H25N3O5. The summed E-state index contributed by atoms with van der Waals surface area (Å²) >= 11 is 0. The van der Waals surface area contributed by atoms with Gasteiger partial charge >= 0.3 is 5.97 Å². The first-order valence-corrected chi connectivity index (χ1v) is 9.94. The second-order valence-corrected chi connectivity index (χ2v) is 6.72. The molecule has 0 radical (unpaired) electrons. The van der Waals surface area contributed by atoms with Crippen molar-refractivity contribution in [3.8, 4) is 11.8 Å². The van der Waals surface area contributed by atoms with Crippen molar-refractivity contribution in [2.75, 3.05) is 18.5 Å². The number of benzene rings is 2. The number of nitrogens with zero attached hydrogens (tertiary/aromatic N) is 1. The summed E-state index contributed by atoms with van der Waals surface area (Å²) < 4.78 is 10.6. The lowest BCUT2D eigenvalue weighted by Crippen LogP contribution is -2.35. The second-order valence-electron chi connectivity index (χ2n) is 6.72. The highest BCUT2D eigenvalue weighted by atomic mass is 16.5. The Labute approximate surface area is 181 Å². The van der Waals surface area contributed by atoms with Crippen LogP contribution < -0.4 is 15.4 Å². The molecule has 0 saturated carbocycles. The largest absolute Gasteiger partial charge is 0.494 e. The molecule has 0 spiro atoms. The summed E-state index contributed by atoms with van der Waals surface area (Å²) in [4.78, 5) is 36.3. The van der Waals surface area contributed by atoms with E-state index in [9.17, 15) is 14.4 Å². The Bertz CT molecular complexity index is 933. The highest BCUT2D eigenvalue weighted by Gasteiger charge is 2.18. The quantitative estimate of drug-likeness (QED) is 0.448. The van der Waals surface area contributed by atoms with Crippen molar-refractivity contribution in [3.63, 3.8) is 0 Å². The first-order valence-electron chi connectivity index (χ1n) is 9.94. The van der Waals surface area contributed by atoms with Gasteiger partial charge in [0.05, 0.1) is 18.2 Å². The minimum atomic E-state index is -1.06. The molecule has 2 N–H and O–H groups in total. The fraction of sp³-hybridized carbons (Fsp3) is 0.304. The van der Waals surface area contributed by atoms with Crippen LogP contribution in [0.2, 0.25) is 0 Å². The molecule has 0 aliphatic rings. The van der Waals surface area contributed by atoms with E-state index in [0.29, 0.717) is 29.2 Å². The lowest BCUT2D eigenvalue weighted by molar-refractivity contribution is -0.152. The van der Waals surface area contributed by atoms with Gasteiger partial charge in [-0.2, -0.15) is 5.26 Å². The Balaban J connectivity index is 1.76. The zero-order chi connectivity index (χ0) is 22.6. The van der Waals surface area contributed by atoms with Crippen molar-refractivity contribution >= 4 is 23.5 Å². The van der Waals surface area contributed by atoms with Crippen LogP contribution in [0, 0.1) is 11.3 Å². The van der Waals surface area contributed by atoms with E-state index >= 15 is 0 Å². The van der Waals surface area contributed by atoms with Gasteiger partial charge in [-0.15, -0.1) is 0 Å². The normalized spacial score (nSPS) is 11.0. The summed E-state index contributed by atoms with van der Waals surface area (Å²) in [5.74, 6) is -1.03. The zero-order valence-corrected chi connectivity index (χ0v) is 17.5. The first-order chi connectivity index (χ1) is 14.9. The predicted molar refractivity (Wildman–Crippen MR) is 115 cm³/mol. The number of anilines is 1. The molecule has 0 aromatic heterocycles. The van der Waals surface area contributed by atoms with E-state index in [4.69, 9.17) is 14.7 Å². The van der Waals surface area contributed by atoms with Crippen LogP contribution in [0.25, 0.3) is 0 Å². The molecule has 2 aromatic carbocycles. The van der Waals surface area contributed by atoms with Crippen LogP contribution >= 0.6 is 0 Å². The molecule has 0 aliphatic heterocycles. The molecule has 0 aliphatic carbocycles. The van der Waals surface area contributed by atoms with E-state index in [1.165, 1.54) is 6.92 Å². The zero-order valence-electron chi connectivity index (χ0n) is 17.5. The van der Waals surface area contributed by atoms with Crippen LogP contribution in [0.4, 0.5) is 5.69 Å². The van der Waals surface area contributed by atoms with E-state index < -0.39 is 23.9 Å². The Morgan fingerprint density at radius 2 is 1.74 bits per heavy atom. The average Bonchev–Trinajstić information content (AvgIpc) is 2.78. The maximum absolute atomic E-state index is 12.2. The third-order valence-electron chi connectivity index (χ3n) is 4.24. The van der Waals surface area contributed by atoms with E-state index in [0.717, 1.165) is 12.8 Å². The third-order valence-corrected chi connectivity index (χ3v) is 4.24. The van der Waals surface area contributed by atoms with Gasteiger partial charge in [0.25, 0.3) is 11.8 Å². The molecule has 0 saturated heterocycles. The number of carbonyl (C=O) groups excluding carboxylic acids is 3. The maximum Gasteiger partial charge on any atom is 0.326 e. The minimum Gasteiger partial charge on any atom is -0.494 e. The first kappa shape index (κ1) is 23.4. The molecule has 0 heterocycles. The Morgan fingerprint density at radius 1 is 1.06 bits per heavy atom. The van der Waals surface area contributed by atoms with Gasteiger partial charge < -0.3 is 20.1 Å². The van der Waals surface area contributed by atoms with Gasteiger partial charge in [-0.25, -0.2) is 0 Å². The fourth-order valence-electron chi connectivity index (χ4n) is 2.46. The number of amides is 2. The molecule has 0 unspecified atom stereocenters. The van der Waals surface area contributed by atoms with Crippen molar-refractivity contribution in [2.45, 2.75) is 32.8 Å². The Kier molecular flexibility index (Phi) is 9.05. The number of nitriles is 1. The van der Waals surface area contributed by atoms with Gasteiger partial charge in [-0.3, -0.25) is 14.4 Å². The number of nitrogens with one attached hydrogen (secondary N) is 2. The van der Waals surface area contributed by atoms with Crippen LogP contribution in [0.1, 0.15) is 42.6 Å². The highest BCUT2D eigenvalue weighted by molar-refractivity contribution is 5.97. The van der Waals surface area contributed by atoms with Crippen LogP contribution in [0.3, 0.4) is 0 Å². The number of esters is 1. The average molecular weight is 423 g/mol.